The van der Waals surface area contributed by atoms with Crippen molar-refractivity contribution in [3.63, 3.8) is 0 Å². The van der Waals surface area contributed by atoms with E-state index in [-0.39, 0.29) is 0 Å². The van der Waals surface area contributed by atoms with E-state index in [1.165, 1.54) is 30.4 Å². The van der Waals surface area contributed by atoms with E-state index in [4.69, 9.17) is 0 Å². The SMILES string of the molecule is C=Cc1ccc(-c2ccc(CCC3CCN(CC(C)(C)F)CC3)cc2)[nH]1. The first kappa shape index (κ1) is 18.9. The Hall–Kier alpha value is -1.87. The lowest BCUT2D eigenvalue weighted by atomic mass is 9.90. The molecule has 0 unspecified atom stereocenters. The lowest BCUT2D eigenvalue weighted by molar-refractivity contribution is 0.0943. The Labute approximate surface area is 157 Å². The Kier molecular flexibility index (Phi) is 5.98. The minimum absolute atomic E-state index is 0.563. The van der Waals surface area contributed by atoms with Crippen LogP contribution in [0, 0.1) is 5.92 Å². The normalized spacial score (nSPS) is 16.7. The molecule has 0 aliphatic carbocycles. The van der Waals surface area contributed by atoms with Crippen molar-refractivity contribution in [3.8, 4) is 11.3 Å². The summed E-state index contributed by atoms with van der Waals surface area (Å²) in [4.78, 5) is 5.63. The number of alkyl halides is 1. The third-order valence-electron chi connectivity index (χ3n) is 5.34. The number of piperidine rings is 1. The van der Waals surface area contributed by atoms with Crippen molar-refractivity contribution >= 4 is 6.08 Å². The van der Waals surface area contributed by atoms with E-state index in [0.29, 0.717) is 6.54 Å². The molecule has 2 aromatic rings. The van der Waals surface area contributed by atoms with Gasteiger partial charge in [0, 0.05) is 17.9 Å². The number of H-pyrrole nitrogens is 1. The molecule has 0 spiro atoms. The van der Waals surface area contributed by atoms with Crippen LogP contribution in [0.1, 0.15) is 44.4 Å². The summed E-state index contributed by atoms with van der Waals surface area (Å²) in [5, 5.41) is 0. The monoisotopic (exact) mass is 354 g/mol. The molecule has 1 aliphatic rings. The number of aryl methyl sites for hydroxylation is 1. The summed E-state index contributed by atoms with van der Waals surface area (Å²) in [7, 11) is 0. The molecule has 1 N–H and O–H groups in total. The number of aromatic amines is 1. The average molecular weight is 355 g/mol. The maximum Gasteiger partial charge on any atom is 0.118 e. The zero-order chi connectivity index (χ0) is 18.6. The highest BCUT2D eigenvalue weighted by Gasteiger charge is 2.24. The quantitative estimate of drug-likeness (QED) is 0.674. The van der Waals surface area contributed by atoms with Crippen LogP contribution in [0.5, 0.6) is 0 Å². The summed E-state index contributed by atoms with van der Waals surface area (Å²) in [5.41, 5.74) is 3.71. The second-order valence-electron chi connectivity index (χ2n) is 8.21. The Morgan fingerprint density at radius 2 is 1.85 bits per heavy atom. The highest BCUT2D eigenvalue weighted by molar-refractivity contribution is 5.62. The molecule has 2 nitrogen and oxygen atoms in total. The van der Waals surface area contributed by atoms with E-state index in [0.717, 1.165) is 36.8 Å². The number of rotatable bonds is 7. The van der Waals surface area contributed by atoms with Crippen molar-refractivity contribution in [2.45, 2.75) is 45.2 Å². The molecule has 1 saturated heterocycles. The van der Waals surface area contributed by atoms with Crippen LogP contribution in [0.4, 0.5) is 4.39 Å². The Bertz CT molecular complexity index is 701. The molecular weight excluding hydrogens is 323 g/mol. The molecule has 0 radical (unpaired) electrons. The fourth-order valence-electron chi connectivity index (χ4n) is 3.89. The second kappa shape index (κ2) is 8.22. The zero-order valence-corrected chi connectivity index (χ0v) is 16.1. The molecule has 1 fully saturated rings. The van der Waals surface area contributed by atoms with Crippen LogP contribution >= 0.6 is 0 Å². The molecule has 3 heteroatoms. The second-order valence-corrected chi connectivity index (χ2v) is 8.21. The molecule has 26 heavy (non-hydrogen) atoms. The lowest BCUT2D eigenvalue weighted by Gasteiger charge is -2.34. The molecular formula is C23H31FN2. The predicted molar refractivity (Wildman–Crippen MR) is 109 cm³/mol. The van der Waals surface area contributed by atoms with Gasteiger partial charge in [-0.15, -0.1) is 0 Å². The molecule has 140 valence electrons. The van der Waals surface area contributed by atoms with E-state index in [1.807, 2.05) is 12.1 Å². The minimum atomic E-state index is -1.08. The topological polar surface area (TPSA) is 19.0 Å². The van der Waals surface area contributed by atoms with Gasteiger partial charge in [0.05, 0.1) is 0 Å². The Morgan fingerprint density at radius 3 is 2.42 bits per heavy atom. The summed E-state index contributed by atoms with van der Waals surface area (Å²) in [5.74, 6) is 0.771. The largest absolute Gasteiger partial charge is 0.355 e. The first-order valence-corrected chi connectivity index (χ1v) is 9.75. The van der Waals surface area contributed by atoms with Crippen molar-refractivity contribution < 1.29 is 4.39 Å². The summed E-state index contributed by atoms with van der Waals surface area (Å²) in [6.07, 6.45) is 6.58. The number of hydrogen-bond acceptors (Lipinski definition) is 1. The zero-order valence-electron chi connectivity index (χ0n) is 16.1. The number of nitrogens with one attached hydrogen (secondary N) is 1. The number of nitrogens with zero attached hydrogens (tertiary/aromatic N) is 1. The van der Waals surface area contributed by atoms with Crippen LogP contribution in [0.25, 0.3) is 17.3 Å². The lowest BCUT2D eigenvalue weighted by Crippen LogP contribution is -2.41. The summed E-state index contributed by atoms with van der Waals surface area (Å²) in [6.45, 7) is 9.78. The predicted octanol–water partition coefficient (Wildman–Crippen LogP) is 5.72. The number of hydrogen-bond donors (Lipinski definition) is 1. The van der Waals surface area contributed by atoms with Gasteiger partial charge in [0.1, 0.15) is 5.67 Å². The molecule has 0 saturated carbocycles. The van der Waals surface area contributed by atoms with E-state index in [2.05, 4.69) is 46.8 Å². The minimum Gasteiger partial charge on any atom is -0.355 e. The molecule has 3 rings (SSSR count). The fourth-order valence-corrected chi connectivity index (χ4v) is 3.89. The molecule has 0 bridgehead atoms. The van der Waals surface area contributed by atoms with Gasteiger partial charge in [0.15, 0.2) is 0 Å². The third kappa shape index (κ3) is 5.31. The van der Waals surface area contributed by atoms with Gasteiger partial charge in [-0.25, -0.2) is 4.39 Å². The van der Waals surface area contributed by atoms with Crippen LogP contribution in [0.15, 0.2) is 43.0 Å². The van der Waals surface area contributed by atoms with Crippen LogP contribution in [0.3, 0.4) is 0 Å². The summed E-state index contributed by atoms with van der Waals surface area (Å²) in [6, 6.07) is 13.0. The van der Waals surface area contributed by atoms with Gasteiger partial charge < -0.3 is 9.88 Å². The Morgan fingerprint density at radius 1 is 1.15 bits per heavy atom. The maximum absolute atomic E-state index is 13.8. The first-order valence-electron chi connectivity index (χ1n) is 9.75. The van der Waals surface area contributed by atoms with E-state index in [9.17, 15) is 4.39 Å². The van der Waals surface area contributed by atoms with Gasteiger partial charge in [-0.3, -0.25) is 0 Å². The van der Waals surface area contributed by atoms with Gasteiger partial charge in [-0.2, -0.15) is 0 Å². The maximum atomic E-state index is 13.8. The number of benzene rings is 1. The van der Waals surface area contributed by atoms with Crippen molar-refractivity contribution in [1.82, 2.24) is 9.88 Å². The van der Waals surface area contributed by atoms with Crippen LogP contribution in [0.2, 0.25) is 0 Å². The van der Waals surface area contributed by atoms with Crippen molar-refractivity contribution in [2.24, 2.45) is 5.92 Å². The van der Waals surface area contributed by atoms with Crippen LogP contribution < -0.4 is 0 Å². The van der Waals surface area contributed by atoms with E-state index in [1.54, 1.807) is 13.8 Å². The van der Waals surface area contributed by atoms with Gasteiger partial charge in [-0.1, -0.05) is 30.8 Å². The molecule has 1 aliphatic heterocycles. The van der Waals surface area contributed by atoms with Crippen molar-refractivity contribution in [2.75, 3.05) is 19.6 Å². The third-order valence-corrected chi connectivity index (χ3v) is 5.34. The van der Waals surface area contributed by atoms with E-state index < -0.39 is 5.67 Å². The highest BCUT2D eigenvalue weighted by Crippen LogP contribution is 2.25. The summed E-state index contributed by atoms with van der Waals surface area (Å²) >= 11 is 0. The smallest absolute Gasteiger partial charge is 0.118 e. The number of halogens is 1. The highest BCUT2D eigenvalue weighted by atomic mass is 19.1. The average Bonchev–Trinajstić information content (AvgIpc) is 3.09. The standard InChI is InChI=1S/C23H31FN2/c1-4-21-11-12-22(25-21)20-9-7-18(8-10-20)5-6-19-13-15-26(16-14-19)17-23(2,3)24/h4,7-12,19,25H,1,5-6,13-17H2,2-3H3. The van der Waals surface area contributed by atoms with Crippen LogP contribution in [-0.4, -0.2) is 35.2 Å². The molecule has 0 amide bonds. The molecule has 2 heterocycles. The number of aromatic nitrogens is 1. The summed E-state index contributed by atoms with van der Waals surface area (Å²) < 4.78 is 13.8. The van der Waals surface area contributed by atoms with Gasteiger partial charge in [0.25, 0.3) is 0 Å². The first-order chi connectivity index (χ1) is 12.4. The van der Waals surface area contributed by atoms with Gasteiger partial charge >= 0.3 is 0 Å². The van der Waals surface area contributed by atoms with Crippen molar-refractivity contribution in [3.05, 3.63) is 54.2 Å². The Balaban J connectivity index is 1.46. The molecule has 1 aromatic heterocycles. The number of likely N-dealkylation sites (tertiary alicyclic amines) is 1. The van der Waals surface area contributed by atoms with Crippen molar-refractivity contribution in [1.29, 1.82) is 0 Å². The van der Waals surface area contributed by atoms with Gasteiger partial charge in [-0.05, 0) is 87.9 Å². The fraction of sp³-hybridized carbons (Fsp3) is 0.478. The molecule has 1 aromatic carbocycles. The molecule has 0 atom stereocenters. The van der Waals surface area contributed by atoms with E-state index >= 15 is 0 Å². The van der Waals surface area contributed by atoms with Gasteiger partial charge in [0.2, 0.25) is 0 Å². The van der Waals surface area contributed by atoms with Crippen LogP contribution in [-0.2, 0) is 6.42 Å².